The van der Waals surface area contributed by atoms with Crippen LogP contribution >= 0.6 is 47.8 Å². The third-order valence-corrected chi connectivity index (χ3v) is 3.50. The van der Waals surface area contributed by atoms with E-state index >= 15 is 0 Å². The summed E-state index contributed by atoms with van der Waals surface area (Å²) < 4.78 is 2.14. The molecule has 0 aromatic heterocycles. The largest absolute Gasteiger partial charge is 0.0582 e. The minimum absolute atomic E-state index is 1.05. The first-order chi connectivity index (χ1) is 5.24. The molecule has 0 aliphatic rings. The molecule has 3 heteroatoms. The number of hydrogen-bond acceptors (Lipinski definition) is 0. The van der Waals surface area contributed by atoms with Crippen molar-refractivity contribution < 1.29 is 0 Å². The first kappa shape index (κ1) is 9.49. The summed E-state index contributed by atoms with van der Waals surface area (Å²) in [7, 11) is 0. The van der Waals surface area contributed by atoms with Crippen LogP contribution in [0.3, 0.4) is 0 Å². The molecule has 0 radical (unpaired) electrons. The normalized spacial score (nSPS) is 11.7. The van der Waals surface area contributed by atoms with Crippen molar-refractivity contribution >= 4 is 52.3 Å². The van der Waals surface area contributed by atoms with Crippen molar-refractivity contribution in [1.82, 2.24) is 0 Å². The van der Waals surface area contributed by atoms with E-state index in [1.54, 1.807) is 0 Å². The van der Waals surface area contributed by atoms with Crippen LogP contribution in [0.5, 0.6) is 0 Å². The highest BCUT2D eigenvalue weighted by Gasteiger charge is 1.94. The van der Waals surface area contributed by atoms with Gasteiger partial charge in [0, 0.05) is 8.96 Å². The minimum Gasteiger partial charge on any atom is -0.0582 e. The van der Waals surface area contributed by atoms with E-state index in [2.05, 4.69) is 47.8 Å². The maximum absolute atomic E-state index is 3.41. The molecule has 0 aliphatic carbocycles. The highest BCUT2D eigenvalue weighted by Crippen LogP contribution is 2.23. The number of hydrogen-bond donors (Lipinski definition) is 0. The molecule has 0 atom stereocenters. The van der Waals surface area contributed by atoms with Gasteiger partial charge in [-0.05, 0) is 38.6 Å². The molecule has 0 heterocycles. The molecule has 0 unspecified atom stereocenters. The molecule has 1 aromatic carbocycles. The first-order valence-electron chi connectivity index (χ1n) is 2.96. The van der Waals surface area contributed by atoms with Gasteiger partial charge in [-0.15, -0.1) is 0 Å². The van der Waals surface area contributed by atoms with Crippen molar-refractivity contribution in [2.24, 2.45) is 0 Å². The smallest absolute Gasteiger partial charge is 0.0316 e. The van der Waals surface area contributed by atoms with Gasteiger partial charge in [0.1, 0.15) is 0 Å². The van der Waals surface area contributed by atoms with Crippen LogP contribution < -0.4 is 0 Å². The minimum atomic E-state index is 1.05. The molecular formula is C8H5Br3. The molecule has 1 rings (SSSR count). The van der Waals surface area contributed by atoms with E-state index in [1.165, 1.54) is 0 Å². The summed E-state index contributed by atoms with van der Waals surface area (Å²) in [6, 6.07) is 8.08. The molecule has 1 aromatic rings. The fraction of sp³-hybridized carbons (Fsp3) is 0. The molecule has 0 saturated carbocycles. The Balaban J connectivity index is 2.99. The van der Waals surface area contributed by atoms with Gasteiger partial charge in [-0.2, -0.15) is 0 Å². The second-order valence-corrected chi connectivity index (χ2v) is 4.19. The van der Waals surface area contributed by atoms with E-state index in [4.69, 9.17) is 0 Å². The predicted octanol–water partition coefficient (Wildman–Crippen LogP) is 4.54. The van der Waals surface area contributed by atoms with Gasteiger partial charge in [0.15, 0.2) is 0 Å². The monoisotopic (exact) mass is 338 g/mol. The molecule has 0 bridgehead atoms. The Morgan fingerprint density at radius 2 is 1.73 bits per heavy atom. The second-order valence-electron chi connectivity index (χ2n) is 1.96. The summed E-state index contributed by atoms with van der Waals surface area (Å²) >= 11 is 10.0. The van der Waals surface area contributed by atoms with Crippen molar-refractivity contribution in [3.05, 3.63) is 39.3 Å². The standard InChI is InChI=1S/C8H5Br3/c9-5-8(11)6-1-3-7(10)4-2-6/h1-5H/b8-5-. The Morgan fingerprint density at radius 3 is 2.18 bits per heavy atom. The van der Waals surface area contributed by atoms with Crippen molar-refractivity contribution in [3.8, 4) is 0 Å². The van der Waals surface area contributed by atoms with Crippen LogP contribution in [0.15, 0.2) is 33.7 Å². The van der Waals surface area contributed by atoms with Gasteiger partial charge < -0.3 is 0 Å². The van der Waals surface area contributed by atoms with Crippen LogP contribution in [-0.4, -0.2) is 0 Å². The first-order valence-corrected chi connectivity index (χ1v) is 5.46. The SMILES string of the molecule is Br/C=C(\Br)c1ccc(Br)cc1. The van der Waals surface area contributed by atoms with Crippen LogP contribution in [0.1, 0.15) is 5.56 Å². The molecule has 0 saturated heterocycles. The zero-order valence-corrected chi connectivity index (χ0v) is 10.3. The Hall–Kier alpha value is 0.400. The van der Waals surface area contributed by atoms with Crippen LogP contribution in [0, 0.1) is 0 Å². The van der Waals surface area contributed by atoms with Crippen molar-refractivity contribution in [2.75, 3.05) is 0 Å². The van der Waals surface area contributed by atoms with Gasteiger partial charge in [0.25, 0.3) is 0 Å². The van der Waals surface area contributed by atoms with Crippen LogP contribution in [-0.2, 0) is 0 Å². The summed E-state index contributed by atoms with van der Waals surface area (Å²) in [5.41, 5.74) is 1.16. The molecule has 58 valence electrons. The summed E-state index contributed by atoms with van der Waals surface area (Å²) in [6.07, 6.45) is 0. The van der Waals surface area contributed by atoms with Crippen molar-refractivity contribution in [3.63, 3.8) is 0 Å². The Kier molecular flexibility index (Phi) is 3.82. The third kappa shape index (κ3) is 2.73. The highest BCUT2D eigenvalue weighted by molar-refractivity contribution is 9.16. The lowest BCUT2D eigenvalue weighted by atomic mass is 10.2. The Bertz CT molecular complexity index is 261. The highest BCUT2D eigenvalue weighted by atomic mass is 79.9. The molecular weight excluding hydrogens is 336 g/mol. The summed E-state index contributed by atoms with van der Waals surface area (Å²) in [4.78, 5) is 1.84. The van der Waals surface area contributed by atoms with Crippen LogP contribution in [0.2, 0.25) is 0 Å². The zero-order valence-electron chi connectivity index (χ0n) is 5.52. The summed E-state index contributed by atoms with van der Waals surface area (Å²) in [5, 5.41) is 0. The average Bonchev–Trinajstić information content (AvgIpc) is 2.05. The quantitative estimate of drug-likeness (QED) is 0.704. The average molecular weight is 341 g/mol. The molecule has 0 amide bonds. The van der Waals surface area contributed by atoms with Gasteiger partial charge in [-0.3, -0.25) is 0 Å². The Labute approximate surface area is 91.1 Å². The number of benzene rings is 1. The molecule has 0 fully saturated rings. The molecule has 0 aliphatic heterocycles. The van der Waals surface area contributed by atoms with Crippen LogP contribution in [0.4, 0.5) is 0 Å². The topological polar surface area (TPSA) is 0 Å². The van der Waals surface area contributed by atoms with E-state index in [1.807, 2.05) is 29.3 Å². The molecule has 0 spiro atoms. The summed E-state index contributed by atoms with van der Waals surface area (Å²) in [5.74, 6) is 0. The zero-order chi connectivity index (χ0) is 8.27. The molecule has 0 N–H and O–H groups in total. The Morgan fingerprint density at radius 1 is 1.18 bits per heavy atom. The van der Waals surface area contributed by atoms with E-state index in [9.17, 15) is 0 Å². The van der Waals surface area contributed by atoms with Crippen molar-refractivity contribution in [1.29, 1.82) is 0 Å². The van der Waals surface area contributed by atoms with E-state index in [-0.39, 0.29) is 0 Å². The maximum atomic E-state index is 3.41. The van der Waals surface area contributed by atoms with E-state index in [0.717, 1.165) is 14.5 Å². The fourth-order valence-corrected chi connectivity index (χ4v) is 1.47. The number of halogens is 3. The fourth-order valence-electron chi connectivity index (χ4n) is 0.672. The van der Waals surface area contributed by atoms with E-state index in [0.29, 0.717) is 0 Å². The predicted molar refractivity (Wildman–Crippen MR) is 60.0 cm³/mol. The lowest BCUT2D eigenvalue weighted by Crippen LogP contribution is -1.73. The maximum Gasteiger partial charge on any atom is 0.0316 e. The van der Waals surface area contributed by atoms with Crippen molar-refractivity contribution in [2.45, 2.75) is 0 Å². The van der Waals surface area contributed by atoms with Gasteiger partial charge >= 0.3 is 0 Å². The van der Waals surface area contributed by atoms with E-state index < -0.39 is 0 Å². The third-order valence-electron chi connectivity index (χ3n) is 1.22. The summed E-state index contributed by atoms with van der Waals surface area (Å²) in [6.45, 7) is 0. The second kappa shape index (κ2) is 4.43. The van der Waals surface area contributed by atoms with Gasteiger partial charge in [-0.1, -0.05) is 44.0 Å². The van der Waals surface area contributed by atoms with Gasteiger partial charge in [0.05, 0.1) is 0 Å². The van der Waals surface area contributed by atoms with Crippen LogP contribution in [0.25, 0.3) is 4.48 Å². The molecule has 11 heavy (non-hydrogen) atoms. The number of rotatable bonds is 1. The van der Waals surface area contributed by atoms with Gasteiger partial charge in [-0.25, -0.2) is 0 Å². The van der Waals surface area contributed by atoms with Gasteiger partial charge in [0.2, 0.25) is 0 Å². The molecule has 0 nitrogen and oxygen atoms in total. The lowest BCUT2D eigenvalue weighted by molar-refractivity contribution is 1.61. The lowest BCUT2D eigenvalue weighted by Gasteiger charge is -1.96.